The Morgan fingerprint density at radius 2 is 2.27 bits per heavy atom. The zero-order valence-corrected chi connectivity index (χ0v) is 14.8. The summed E-state index contributed by atoms with van der Waals surface area (Å²) < 4.78 is 5.60. The number of carbonyl (C=O) groups excluding carboxylic acids is 1. The summed E-state index contributed by atoms with van der Waals surface area (Å²) >= 11 is 1.43. The van der Waals surface area contributed by atoms with E-state index in [2.05, 4.69) is 30.5 Å². The number of thiazole rings is 1. The predicted octanol–water partition coefficient (Wildman–Crippen LogP) is 1.97. The second-order valence-electron chi connectivity index (χ2n) is 6.19. The van der Waals surface area contributed by atoms with Gasteiger partial charge in [0.1, 0.15) is 6.33 Å². The summed E-state index contributed by atoms with van der Waals surface area (Å²) in [6, 6.07) is 3.76. The number of H-pyrrole nitrogens is 1. The second kappa shape index (κ2) is 7.61. The van der Waals surface area contributed by atoms with Crippen molar-refractivity contribution in [1.29, 1.82) is 0 Å². The Kier molecular flexibility index (Phi) is 4.87. The maximum atomic E-state index is 12.1. The summed E-state index contributed by atoms with van der Waals surface area (Å²) in [4.78, 5) is 24.8. The number of rotatable bonds is 8. The van der Waals surface area contributed by atoms with Crippen LogP contribution in [0.1, 0.15) is 24.1 Å². The molecule has 1 saturated carbocycles. The van der Waals surface area contributed by atoms with Crippen molar-refractivity contribution in [3.63, 3.8) is 0 Å². The second-order valence-corrected chi connectivity index (χ2v) is 7.05. The first-order chi connectivity index (χ1) is 12.8. The SMILES string of the molecule is O=C(Cc1csc(-c2ncn[nH]2)n1)NCc1ccc(OCC2CC2)nc1. The Labute approximate surface area is 154 Å². The van der Waals surface area contributed by atoms with Crippen molar-refractivity contribution < 1.29 is 9.53 Å². The van der Waals surface area contributed by atoms with Crippen molar-refractivity contribution in [2.45, 2.75) is 25.8 Å². The van der Waals surface area contributed by atoms with Gasteiger partial charge in [-0.1, -0.05) is 6.07 Å². The molecule has 2 N–H and O–H groups in total. The number of amides is 1. The van der Waals surface area contributed by atoms with Gasteiger partial charge in [-0.05, 0) is 24.3 Å². The number of nitrogens with one attached hydrogen (secondary N) is 2. The van der Waals surface area contributed by atoms with Crippen LogP contribution in [0.25, 0.3) is 10.8 Å². The normalized spacial score (nSPS) is 13.5. The molecule has 3 aromatic rings. The van der Waals surface area contributed by atoms with Crippen molar-refractivity contribution in [3.8, 4) is 16.7 Å². The number of pyridine rings is 1. The van der Waals surface area contributed by atoms with E-state index in [9.17, 15) is 4.79 Å². The van der Waals surface area contributed by atoms with Gasteiger partial charge in [-0.15, -0.1) is 11.3 Å². The molecule has 3 aromatic heterocycles. The van der Waals surface area contributed by atoms with Crippen molar-refractivity contribution in [3.05, 3.63) is 41.3 Å². The number of hydrogen-bond acceptors (Lipinski definition) is 7. The van der Waals surface area contributed by atoms with E-state index < -0.39 is 0 Å². The fraction of sp³-hybridized carbons (Fsp3) is 0.353. The van der Waals surface area contributed by atoms with Gasteiger partial charge in [-0.2, -0.15) is 5.10 Å². The minimum Gasteiger partial charge on any atom is -0.477 e. The van der Waals surface area contributed by atoms with E-state index in [4.69, 9.17) is 4.74 Å². The van der Waals surface area contributed by atoms with Crippen LogP contribution in [-0.4, -0.2) is 37.7 Å². The molecule has 0 aromatic carbocycles. The molecule has 1 fully saturated rings. The van der Waals surface area contributed by atoms with Crippen molar-refractivity contribution in [2.75, 3.05) is 6.61 Å². The molecule has 26 heavy (non-hydrogen) atoms. The highest BCUT2D eigenvalue weighted by Crippen LogP contribution is 2.29. The fourth-order valence-corrected chi connectivity index (χ4v) is 3.09. The Morgan fingerprint density at radius 3 is 3.00 bits per heavy atom. The molecule has 0 aliphatic heterocycles. The van der Waals surface area contributed by atoms with Crippen LogP contribution in [0.3, 0.4) is 0 Å². The Balaban J connectivity index is 1.24. The average Bonchev–Trinajstić information content (AvgIpc) is 3.12. The molecule has 1 amide bonds. The minimum absolute atomic E-state index is 0.0894. The van der Waals surface area contributed by atoms with Crippen LogP contribution in [0, 0.1) is 5.92 Å². The lowest BCUT2D eigenvalue weighted by molar-refractivity contribution is -0.120. The van der Waals surface area contributed by atoms with Gasteiger partial charge < -0.3 is 10.1 Å². The largest absolute Gasteiger partial charge is 0.477 e. The molecule has 0 bridgehead atoms. The molecule has 1 aliphatic carbocycles. The lowest BCUT2D eigenvalue weighted by Gasteiger charge is -2.06. The molecule has 9 heteroatoms. The first-order valence-corrected chi connectivity index (χ1v) is 9.29. The first-order valence-electron chi connectivity index (χ1n) is 8.41. The van der Waals surface area contributed by atoms with E-state index in [1.165, 1.54) is 30.5 Å². The standard InChI is InChI=1S/C17H18N6O2S/c24-14(5-13-9-26-17(22-13)16-20-10-21-23-16)18-6-12-3-4-15(19-7-12)25-8-11-1-2-11/h3-4,7,9-11H,1-2,5-6,8H2,(H,18,24)(H,20,21,23). The lowest BCUT2D eigenvalue weighted by atomic mass is 10.2. The van der Waals surface area contributed by atoms with Crippen LogP contribution in [0.4, 0.5) is 0 Å². The Bertz CT molecular complexity index is 858. The average molecular weight is 370 g/mol. The quantitative estimate of drug-likeness (QED) is 0.628. The molecule has 4 rings (SSSR count). The van der Waals surface area contributed by atoms with Crippen molar-refractivity contribution >= 4 is 17.2 Å². The van der Waals surface area contributed by atoms with E-state index in [1.54, 1.807) is 6.20 Å². The number of aromatic nitrogens is 5. The summed E-state index contributed by atoms with van der Waals surface area (Å²) in [5.41, 5.74) is 1.64. The van der Waals surface area contributed by atoms with Crippen molar-refractivity contribution in [2.24, 2.45) is 5.92 Å². The summed E-state index contributed by atoms with van der Waals surface area (Å²) in [6.45, 7) is 1.17. The van der Waals surface area contributed by atoms with Crippen LogP contribution in [0.5, 0.6) is 5.88 Å². The van der Waals surface area contributed by atoms with Gasteiger partial charge in [-0.3, -0.25) is 9.89 Å². The van der Waals surface area contributed by atoms with Gasteiger partial charge in [0.15, 0.2) is 10.8 Å². The number of ether oxygens (including phenoxy) is 1. The van der Waals surface area contributed by atoms with E-state index in [1.807, 2.05) is 17.5 Å². The molecule has 8 nitrogen and oxygen atoms in total. The van der Waals surface area contributed by atoms with Gasteiger partial charge in [-0.25, -0.2) is 15.0 Å². The topological polar surface area (TPSA) is 106 Å². The van der Waals surface area contributed by atoms with Crippen LogP contribution in [-0.2, 0) is 17.8 Å². The van der Waals surface area contributed by atoms with Crippen LogP contribution in [0.2, 0.25) is 0 Å². The van der Waals surface area contributed by atoms with Gasteiger partial charge in [0, 0.05) is 24.2 Å². The molecular formula is C17H18N6O2S. The van der Waals surface area contributed by atoms with Crippen LogP contribution < -0.4 is 10.1 Å². The number of carbonyl (C=O) groups is 1. The molecule has 134 valence electrons. The first kappa shape index (κ1) is 16.6. The highest BCUT2D eigenvalue weighted by molar-refractivity contribution is 7.13. The van der Waals surface area contributed by atoms with E-state index in [0.29, 0.717) is 29.9 Å². The molecule has 0 spiro atoms. The van der Waals surface area contributed by atoms with Gasteiger partial charge >= 0.3 is 0 Å². The Hall–Kier alpha value is -2.81. The molecule has 0 saturated heterocycles. The predicted molar refractivity (Wildman–Crippen MR) is 95.5 cm³/mol. The Morgan fingerprint density at radius 1 is 1.35 bits per heavy atom. The van der Waals surface area contributed by atoms with E-state index in [-0.39, 0.29) is 12.3 Å². The summed E-state index contributed by atoms with van der Waals surface area (Å²) in [7, 11) is 0. The summed E-state index contributed by atoms with van der Waals surface area (Å²) in [5.74, 6) is 1.85. The molecule has 0 atom stereocenters. The maximum Gasteiger partial charge on any atom is 0.226 e. The van der Waals surface area contributed by atoms with Gasteiger partial charge in [0.25, 0.3) is 0 Å². The van der Waals surface area contributed by atoms with Crippen molar-refractivity contribution in [1.82, 2.24) is 30.5 Å². The molecule has 0 radical (unpaired) electrons. The highest BCUT2D eigenvalue weighted by Gasteiger charge is 2.22. The molecule has 1 aliphatic rings. The molecule has 3 heterocycles. The smallest absolute Gasteiger partial charge is 0.226 e. The van der Waals surface area contributed by atoms with Gasteiger partial charge in [0.05, 0.1) is 18.7 Å². The third-order valence-electron chi connectivity index (χ3n) is 3.96. The number of hydrogen-bond donors (Lipinski definition) is 2. The minimum atomic E-state index is -0.0894. The monoisotopic (exact) mass is 370 g/mol. The third-order valence-corrected chi connectivity index (χ3v) is 4.86. The summed E-state index contributed by atoms with van der Waals surface area (Å²) in [5, 5.41) is 12.0. The molecular weight excluding hydrogens is 352 g/mol. The summed E-state index contributed by atoms with van der Waals surface area (Å²) in [6.07, 6.45) is 5.89. The number of nitrogens with zero attached hydrogens (tertiary/aromatic N) is 4. The molecule has 0 unspecified atom stereocenters. The zero-order chi connectivity index (χ0) is 17.8. The van der Waals surface area contributed by atoms with Gasteiger partial charge in [0.2, 0.25) is 11.8 Å². The highest BCUT2D eigenvalue weighted by atomic mass is 32.1. The third kappa shape index (κ3) is 4.42. The zero-order valence-electron chi connectivity index (χ0n) is 14.0. The maximum absolute atomic E-state index is 12.1. The van der Waals surface area contributed by atoms with Crippen LogP contribution >= 0.6 is 11.3 Å². The van der Waals surface area contributed by atoms with Crippen LogP contribution in [0.15, 0.2) is 30.0 Å². The van der Waals surface area contributed by atoms with E-state index >= 15 is 0 Å². The fourth-order valence-electron chi connectivity index (χ4n) is 2.32. The lowest BCUT2D eigenvalue weighted by Crippen LogP contribution is -2.24. The number of aromatic amines is 1. The van der Waals surface area contributed by atoms with E-state index in [0.717, 1.165) is 17.2 Å².